The Morgan fingerprint density at radius 1 is 1.47 bits per heavy atom. The summed E-state index contributed by atoms with van der Waals surface area (Å²) in [4.78, 5) is 0. The van der Waals surface area contributed by atoms with Gasteiger partial charge in [0, 0.05) is 6.61 Å². The van der Waals surface area contributed by atoms with Crippen molar-refractivity contribution in [2.45, 2.75) is 33.2 Å². The Morgan fingerprint density at radius 3 is 2.87 bits per heavy atom. The quantitative estimate of drug-likeness (QED) is 0.679. The summed E-state index contributed by atoms with van der Waals surface area (Å²) >= 11 is 0. The van der Waals surface area contributed by atoms with Crippen molar-refractivity contribution in [3.05, 3.63) is 23.7 Å². The topological polar surface area (TPSA) is 45.4 Å². The van der Waals surface area contributed by atoms with Gasteiger partial charge in [0.1, 0.15) is 11.5 Å². The van der Waals surface area contributed by atoms with Gasteiger partial charge >= 0.3 is 0 Å². The molecule has 0 amide bonds. The molecule has 1 aromatic heterocycles. The molecule has 1 heterocycles. The van der Waals surface area contributed by atoms with E-state index < -0.39 is 0 Å². The maximum Gasteiger partial charge on any atom is 0.117 e. The Hall–Kier alpha value is -0.800. The van der Waals surface area contributed by atoms with Gasteiger partial charge in [-0.15, -0.1) is 0 Å². The van der Waals surface area contributed by atoms with E-state index in [9.17, 15) is 0 Å². The van der Waals surface area contributed by atoms with Gasteiger partial charge in [-0.1, -0.05) is 6.92 Å². The maximum absolute atomic E-state index is 8.84. The Bertz CT molecular complexity index is 270. The molecule has 0 aliphatic carbocycles. The maximum atomic E-state index is 8.84. The van der Waals surface area contributed by atoms with E-state index in [1.165, 1.54) is 0 Å². The third-order valence-electron chi connectivity index (χ3n) is 2.46. The second kappa shape index (κ2) is 6.64. The minimum Gasteiger partial charge on any atom is -0.465 e. The zero-order valence-electron chi connectivity index (χ0n) is 9.62. The van der Waals surface area contributed by atoms with Gasteiger partial charge < -0.3 is 14.8 Å². The van der Waals surface area contributed by atoms with Crippen LogP contribution in [-0.2, 0) is 6.54 Å². The normalized spacial score (nSPS) is 13.0. The zero-order valence-corrected chi connectivity index (χ0v) is 9.62. The van der Waals surface area contributed by atoms with E-state index in [1.807, 2.05) is 19.1 Å². The summed E-state index contributed by atoms with van der Waals surface area (Å²) < 4.78 is 5.43. The predicted octanol–water partition coefficient (Wildman–Crippen LogP) is 2.09. The van der Waals surface area contributed by atoms with Crippen LogP contribution >= 0.6 is 0 Å². The number of aliphatic hydroxyl groups is 1. The first-order chi connectivity index (χ1) is 7.22. The lowest BCUT2D eigenvalue weighted by Gasteiger charge is -2.07. The Morgan fingerprint density at radius 2 is 2.27 bits per heavy atom. The van der Waals surface area contributed by atoms with Crippen molar-refractivity contribution in [1.82, 2.24) is 5.32 Å². The molecule has 3 nitrogen and oxygen atoms in total. The zero-order chi connectivity index (χ0) is 11.1. The fraction of sp³-hybridized carbons (Fsp3) is 0.667. The first-order valence-corrected chi connectivity index (χ1v) is 5.59. The van der Waals surface area contributed by atoms with E-state index in [0.29, 0.717) is 5.92 Å². The van der Waals surface area contributed by atoms with Crippen LogP contribution in [0.5, 0.6) is 0 Å². The summed E-state index contributed by atoms with van der Waals surface area (Å²) in [6.07, 6.45) is 2.17. The molecule has 0 fully saturated rings. The summed E-state index contributed by atoms with van der Waals surface area (Å²) in [5.41, 5.74) is 0. The molecule has 1 unspecified atom stereocenters. The van der Waals surface area contributed by atoms with Crippen LogP contribution in [0.25, 0.3) is 0 Å². The van der Waals surface area contributed by atoms with Crippen molar-refractivity contribution < 1.29 is 9.52 Å². The SMILES string of the molecule is Cc1ccc(CNCCCC(C)CO)o1. The van der Waals surface area contributed by atoms with Crippen LogP contribution in [0.4, 0.5) is 0 Å². The van der Waals surface area contributed by atoms with Crippen molar-refractivity contribution in [3.8, 4) is 0 Å². The third kappa shape index (κ3) is 5.00. The molecular weight excluding hydrogens is 190 g/mol. The summed E-state index contributed by atoms with van der Waals surface area (Å²) in [5, 5.41) is 12.2. The molecule has 0 bridgehead atoms. The Labute approximate surface area is 91.5 Å². The van der Waals surface area contributed by atoms with Gasteiger partial charge in [0.2, 0.25) is 0 Å². The number of hydrogen-bond donors (Lipinski definition) is 2. The first kappa shape index (κ1) is 12.3. The predicted molar refractivity (Wildman–Crippen MR) is 60.6 cm³/mol. The molecule has 0 aliphatic rings. The number of rotatable bonds is 7. The molecule has 0 spiro atoms. The van der Waals surface area contributed by atoms with Crippen LogP contribution in [0.15, 0.2) is 16.5 Å². The van der Waals surface area contributed by atoms with Gasteiger partial charge in [0.25, 0.3) is 0 Å². The van der Waals surface area contributed by atoms with Gasteiger partial charge in [0.05, 0.1) is 6.54 Å². The molecule has 1 aromatic rings. The van der Waals surface area contributed by atoms with Gasteiger partial charge in [-0.05, 0) is 44.4 Å². The van der Waals surface area contributed by atoms with Gasteiger partial charge in [-0.3, -0.25) is 0 Å². The fourth-order valence-electron chi connectivity index (χ4n) is 1.46. The van der Waals surface area contributed by atoms with Crippen LogP contribution in [0, 0.1) is 12.8 Å². The minimum atomic E-state index is 0.289. The van der Waals surface area contributed by atoms with Crippen LogP contribution in [0.1, 0.15) is 31.3 Å². The standard InChI is InChI=1S/C12H21NO2/c1-10(9-14)4-3-7-13-8-12-6-5-11(2)15-12/h5-6,10,13-14H,3-4,7-9H2,1-2H3. The lowest BCUT2D eigenvalue weighted by atomic mass is 10.1. The van der Waals surface area contributed by atoms with Crippen molar-refractivity contribution in [2.24, 2.45) is 5.92 Å². The van der Waals surface area contributed by atoms with Crippen molar-refractivity contribution in [3.63, 3.8) is 0 Å². The number of nitrogens with one attached hydrogen (secondary N) is 1. The molecule has 86 valence electrons. The molecule has 1 rings (SSSR count). The molecule has 0 aromatic carbocycles. The van der Waals surface area contributed by atoms with E-state index in [4.69, 9.17) is 9.52 Å². The largest absolute Gasteiger partial charge is 0.465 e. The van der Waals surface area contributed by atoms with E-state index in [2.05, 4.69) is 12.2 Å². The van der Waals surface area contributed by atoms with E-state index in [-0.39, 0.29) is 6.61 Å². The Balaban J connectivity index is 2.02. The monoisotopic (exact) mass is 211 g/mol. The molecule has 3 heteroatoms. The number of hydrogen-bond acceptors (Lipinski definition) is 3. The highest BCUT2D eigenvalue weighted by Crippen LogP contribution is 2.06. The van der Waals surface area contributed by atoms with Gasteiger partial charge in [-0.2, -0.15) is 0 Å². The summed E-state index contributed by atoms with van der Waals surface area (Å²) in [5.74, 6) is 2.36. The van der Waals surface area contributed by atoms with E-state index >= 15 is 0 Å². The first-order valence-electron chi connectivity index (χ1n) is 5.59. The van der Waals surface area contributed by atoms with Crippen molar-refractivity contribution in [2.75, 3.05) is 13.2 Å². The molecule has 15 heavy (non-hydrogen) atoms. The lowest BCUT2D eigenvalue weighted by molar-refractivity contribution is 0.228. The molecule has 0 saturated carbocycles. The summed E-state index contributed by atoms with van der Waals surface area (Å²) in [7, 11) is 0. The lowest BCUT2D eigenvalue weighted by Crippen LogP contribution is -2.15. The number of furan rings is 1. The molecular formula is C12H21NO2. The Kier molecular flexibility index (Phi) is 5.43. The molecule has 0 aliphatic heterocycles. The number of aliphatic hydroxyl groups excluding tert-OH is 1. The van der Waals surface area contributed by atoms with Gasteiger partial charge in [0.15, 0.2) is 0 Å². The second-order valence-corrected chi connectivity index (χ2v) is 4.12. The van der Waals surface area contributed by atoms with Crippen molar-refractivity contribution >= 4 is 0 Å². The average molecular weight is 211 g/mol. The minimum absolute atomic E-state index is 0.289. The summed E-state index contributed by atoms with van der Waals surface area (Å²) in [6.45, 7) is 6.07. The smallest absolute Gasteiger partial charge is 0.117 e. The van der Waals surface area contributed by atoms with Crippen LogP contribution in [-0.4, -0.2) is 18.3 Å². The van der Waals surface area contributed by atoms with Crippen LogP contribution in [0.2, 0.25) is 0 Å². The fourth-order valence-corrected chi connectivity index (χ4v) is 1.46. The van der Waals surface area contributed by atoms with E-state index in [0.717, 1.165) is 37.5 Å². The third-order valence-corrected chi connectivity index (χ3v) is 2.46. The van der Waals surface area contributed by atoms with Crippen molar-refractivity contribution in [1.29, 1.82) is 0 Å². The molecule has 0 saturated heterocycles. The second-order valence-electron chi connectivity index (χ2n) is 4.12. The highest BCUT2D eigenvalue weighted by molar-refractivity contribution is 5.04. The molecule has 2 N–H and O–H groups in total. The van der Waals surface area contributed by atoms with Crippen LogP contribution < -0.4 is 5.32 Å². The molecule has 1 atom stereocenters. The summed E-state index contributed by atoms with van der Waals surface area (Å²) in [6, 6.07) is 3.98. The highest BCUT2D eigenvalue weighted by atomic mass is 16.3. The van der Waals surface area contributed by atoms with Crippen LogP contribution in [0.3, 0.4) is 0 Å². The van der Waals surface area contributed by atoms with Gasteiger partial charge in [-0.25, -0.2) is 0 Å². The number of aryl methyl sites for hydroxylation is 1. The van der Waals surface area contributed by atoms with E-state index in [1.54, 1.807) is 0 Å². The molecule has 0 radical (unpaired) electrons. The average Bonchev–Trinajstić information content (AvgIpc) is 2.63. The highest BCUT2D eigenvalue weighted by Gasteiger charge is 2.00.